The third kappa shape index (κ3) is 8.70. The van der Waals surface area contributed by atoms with Gasteiger partial charge in [-0.25, -0.2) is 8.42 Å². The molecular formula is C4H10O11S3. The Balaban J connectivity index is 0.000000321. The zero-order valence-corrected chi connectivity index (χ0v) is 10.9. The van der Waals surface area contributed by atoms with Crippen LogP contribution < -0.4 is 0 Å². The van der Waals surface area contributed by atoms with Gasteiger partial charge in [0.2, 0.25) is 0 Å². The second-order valence-corrected chi connectivity index (χ2v) is 7.54. The largest absolute Gasteiger partial charge is 0.413 e. The van der Waals surface area contributed by atoms with E-state index in [2.05, 4.69) is 3.63 Å². The molecule has 1 heterocycles. The lowest BCUT2D eigenvalue weighted by molar-refractivity contribution is 0.0572. The van der Waals surface area contributed by atoms with Crippen molar-refractivity contribution in [2.45, 2.75) is 12.2 Å². The zero-order valence-electron chi connectivity index (χ0n) is 8.44. The molecule has 0 radical (unpaired) electrons. The molecule has 0 spiro atoms. The summed E-state index contributed by atoms with van der Waals surface area (Å²) in [6.45, 7) is 0. The summed E-state index contributed by atoms with van der Waals surface area (Å²) >= 11 is 0. The van der Waals surface area contributed by atoms with E-state index < -0.39 is 42.8 Å². The van der Waals surface area contributed by atoms with Gasteiger partial charge in [0.05, 0.1) is 23.7 Å². The molecule has 2 unspecified atom stereocenters. The lowest BCUT2D eigenvalue weighted by Crippen LogP contribution is -2.22. The first-order valence-electron chi connectivity index (χ1n) is 3.94. The Hall–Kier alpha value is -0.350. The quantitative estimate of drug-likeness (QED) is 0.371. The van der Waals surface area contributed by atoms with Gasteiger partial charge in [0.1, 0.15) is 0 Å². The third-order valence-corrected chi connectivity index (χ3v) is 4.54. The Morgan fingerprint density at radius 2 is 1.17 bits per heavy atom. The average molecular weight is 330 g/mol. The first-order chi connectivity index (χ1) is 7.72. The highest BCUT2D eigenvalue weighted by Crippen LogP contribution is 2.11. The van der Waals surface area contributed by atoms with Gasteiger partial charge in [-0.3, -0.25) is 9.11 Å². The second-order valence-electron chi connectivity index (χ2n) is 3.14. The lowest BCUT2D eigenvalue weighted by atomic mass is 10.3. The normalized spacial score (nSPS) is 27.3. The van der Waals surface area contributed by atoms with Crippen molar-refractivity contribution in [2.24, 2.45) is 0 Å². The molecule has 0 aliphatic carbocycles. The van der Waals surface area contributed by atoms with E-state index in [1.165, 1.54) is 0 Å². The van der Waals surface area contributed by atoms with Gasteiger partial charge in [0.25, 0.3) is 0 Å². The Bertz CT molecular complexity index is 522. The van der Waals surface area contributed by atoms with Crippen molar-refractivity contribution in [1.29, 1.82) is 0 Å². The van der Waals surface area contributed by atoms with Crippen LogP contribution in [0.1, 0.15) is 0 Å². The van der Waals surface area contributed by atoms with Crippen molar-refractivity contribution in [2.75, 3.05) is 11.5 Å². The molecule has 0 saturated carbocycles. The third-order valence-electron chi connectivity index (χ3n) is 1.47. The molecule has 18 heavy (non-hydrogen) atoms. The van der Waals surface area contributed by atoms with Gasteiger partial charge in [-0.2, -0.15) is 16.8 Å². The van der Waals surface area contributed by atoms with Crippen LogP contribution in [0, 0.1) is 0 Å². The predicted molar refractivity (Wildman–Crippen MR) is 54.8 cm³/mol. The van der Waals surface area contributed by atoms with Crippen LogP contribution in [0.2, 0.25) is 0 Å². The fraction of sp³-hybridized carbons (Fsp3) is 1.00. The van der Waals surface area contributed by atoms with Crippen LogP contribution in [0.15, 0.2) is 0 Å². The molecule has 0 amide bonds. The maximum absolute atomic E-state index is 10.5. The molecular weight excluding hydrogens is 320 g/mol. The Labute approximate surface area is 103 Å². The number of hydrogen-bond donors (Lipinski definition) is 4. The van der Waals surface area contributed by atoms with Crippen molar-refractivity contribution in [3.63, 3.8) is 0 Å². The molecule has 1 aliphatic heterocycles. The summed E-state index contributed by atoms with van der Waals surface area (Å²) in [4.78, 5) is 0. The van der Waals surface area contributed by atoms with Gasteiger partial charge in [-0.05, 0) is 0 Å². The van der Waals surface area contributed by atoms with Crippen LogP contribution in [0.5, 0.6) is 0 Å². The average Bonchev–Trinajstić information content (AvgIpc) is 2.15. The minimum atomic E-state index is -5.12. The molecule has 1 rings (SSSR count). The van der Waals surface area contributed by atoms with E-state index >= 15 is 0 Å². The fourth-order valence-corrected chi connectivity index (χ4v) is 3.41. The molecule has 0 aromatic heterocycles. The molecule has 0 aromatic carbocycles. The van der Waals surface area contributed by atoms with Crippen LogP contribution in [0.3, 0.4) is 0 Å². The Morgan fingerprint density at radius 1 is 0.889 bits per heavy atom. The van der Waals surface area contributed by atoms with Gasteiger partial charge < -0.3 is 10.2 Å². The smallest absolute Gasteiger partial charge is 0.389 e. The topological polar surface area (TPSA) is 193 Å². The van der Waals surface area contributed by atoms with Crippen molar-refractivity contribution < 1.29 is 48.2 Å². The van der Waals surface area contributed by atoms with Gasteiger partial charge >= 0.3 is 20.8 Å². The van der Waals surface area contributed by atoms with E-state index in [4.69, 9.17) is 19.3 Å². The van der Waals surface area contributed by atoms with Crippen LogP contribution >= 0.6 is 0 Å². The predicted octanol–water partition coefficient (Wildman–Crippen LogP) is -3.25. The van der Waals surface area contributed by atoms with E-state index in [1.807, 2.05) is 0 Å². The van der Waals surface area contributed by atoms with Crippen molar-refractivity contribution in [3.8, 4) is 0 Å². The first-order valence-corrected chi connectivity index (χ1v) is 8.49. The molecule has 11 nitrogen and oxygen atoms in total. The molecule has 110 valence electrons. The number of sulfone groups is 1. The summed E-state index contributed by atoms with van der Waals surface area (Å²) < 4.78 is 76.6. The van der Waals surface area contributed by atoms with Crippen LogP contribution in [-0.2, 0) is 34.3 Å². The maximum atomic E-state index is 10.5. The lowest BCUT2D eigenvalue weighted by Gasteiger charge is -2.00. The summed E-state index contributed by atoms with van der Waals surface area (Å²) in [6, 6.07) is 0. The molecule has 14 heteroatoms. The summed E-state index contributed by atoms with van der Waals surface area (Å²) in [7, 11) is -13.4. The number of aliphatic hydroxyl groups excluding tert-OH is 2. The van der Waals surface area contributed by atoms with Crippen LogP contribution in [0.4, 0.5) is 0 Å². The maximum Gasteiger partial charge on any atom is 0.413 e. The highest BCUT2D eigenvalue weighted by molar-refractivity contribution is 7.94. The molecule has 1 saturated heterocycles. The molecule has 4 N–H and O–H groups in total. The summed E-state index contributed by atoms with van der Waals surface area (Å²) in [6.07, 6.45) is -2.15. The highest BCUT2D eigenvalue weighted by Gasteiger charge is 2.34. The van der Waals surface area contributed by atoms with Gasteiger partial charge in [-0.15, -0.1) is 3.63 Å². The molecule has 0 aromatic rings. The van der Waals surface area contributed by atoms with Crippen LogP contribution in [-0.4, -0.2) is 68.3 Å². The van der Waals surface area contributed by atoms with Gasteiger partial charge in [0, 0.05) is 0 Å². The minimum Gasteiger partial charge on any atom is -0.389 e. The zero-order chi connectivity index (χ0) is 14.8. The highest BCUT2D eigenvalue weighted by atomic mass is 32.3. The van der Waals surface area contributed by atoms with Gasteiger partial charge in [0.15, 0.2) is 9.84 Å². The number of hydrogen-bond acceptors (Lipinski definition) is 9. The van der Waals surface area contributed by atoms with Crippen molar-refractivity contribution >= 4 is 30.6 Å². The molecule has 2 atom stereocenters. The number of rotatable bonds is 2. The van der Waals surface area contributed by atoms with E-state index in [-0.39, 0.29) is 11.5 Å². The Kier molecular flexibility index (Phi) is 5.63. The van der Waals surface area contributed by atoms with E-state index in [9.17, 15) is 25.3 Å². The fourth-order valence-electron chi connectivity index (χ4n) is 0.919. The SMILES string of the molecule is O=S(=O)(O)OS(=O)(=O)O.O=S1(=O)CC(O)C(O)C1. The van der Waals surface area contributed by atoms with Gasteiger partial charge in [-0.1, -0.05) is 0 Å². The van der Waals surface area contributed by atoms with Crippen molar-refractivity contribution in [1.82, 2.24) is 0 Å². The second kappa shape index (κ2) is 5.74. The molecule has 0 bridgehead atoms. The molecule has 1 aliphatic rings. The van der Waals surface area contributed by atoms with E-state index in [0.29, 0.717) is 0 Å². The van der Waals surface area contributed by atoms with E-state index in [0.717, 1.165) is 0 Å². The Morgan fingerprint density at radius 3 is 1.22 bits per heavy atom. The summed E-state index contributed by atoms with van der Waals surface area (Å²) in [5, 5.41) is 17.4. The monoisotopic (exact) mass is 330 g/mol. The van der Waals surface area contributed by atoms with E-state index in [1.54, 1.807) is 0 Å². The van der Waals surface area contributed by atoms with Crippen LogP contribution in [0.25, 0.3) is 0 Å². The number of aliphatic hydroxyl groups is 2. The standard InChI is InChI=1S/C4H8O4S.H2O7S2/c5-3-1-9(7,8)2-4(3)6;1-8(2,3)7-9(4,5)6/h3-6H,1-2H2;(H,1,2,3)(H,4,5,6). The van der Waals surface area contributed by atoms with Crippen molar-refractivity contribution in [3.05, 3.63) is 0 Å². The minimum absolute atomic E-state index is 0.297. The molecule has 1 fully saturated rings. The summed E-state index contributed by atoms with van der Waals surface area (Å²) in [5.41, 5.74) is 0. The summed E-state index contributed by atoms with van der Waals surface area (Å²) in [5.74, 6) is -0.595. The first kappa shape index (κ1) is 17.6.